The molecule has 0 radical (unpaired) electrons. The zero-order valence-corrected chi connectivity index (χ0v) is 17.4. The van der Waals surface area contributed by atoms with Crippen molar-refractivity contribution in [2.24, 2.45) is 0 Å². The van der Waals surface area contributed by atoms with E-state index >= 15 is 0 Å². The summed E-state index contributed by atoms with van der Waals surface area (Å²) in [7, 11) is -3.91. The molecule has 0 atom stereocenters. The summed E-state index contributed by atoms with van der Waals surface area (Å²) in [5.41, 5.74) is 2.20. The first kappa shape index (κ1) is 20.0. The molecule has 1 aliphatic heterocycles. The molecule has 0 unspecified atom stereocenters. The lowest BCUT2D eigenvalue weighted by molar-refractivity contribution is 0.0787. The maximum atomic E-state index is 13.0. The first-order chi connectivity index (χ1) is 14.4. The van der Waals surface area contributed by atoms with Gasteiger partial charge in [0, 0.05) is 30.3 Å². The number of halogens is 1. The third kappa shape index (κ3) is 3.77. The number of carbonyl (C=O) groups is 1. The number of nitrogens with zero attached hydrogens (tertiary/aromatic N) is 2. The molecule has 0 spiro atoms. The van der Waals surface area contributed by atoms with Gasteiger partial charge in [0.25, 0.3) is 15.9 Å². The Morgan fingerprint density at radius 1 is 1.23 bits per heavy atom. The first-order valence-electron chi connectivity index (χ1n) is 9.05. The molecule has 9 heteroatoms. The number of nitrogens with one attached hydrogen (secondary N) is 1. The van der Waals surface area contributed by atoms with Crippen LogP contribution >= 0.6 is 11.6 Å². The molecule has 3 aromatic rings. The van der Waals surface area contributed by atoms with Gasteiger partial charge in [0.2, 0.25) is 0 Å². The molecule has 4 rings (SSSR count). The summed E-state index contributed by atoms with van der Waals surface area (Å²) in [6.07, 6.45) is 1.41. The molecule has 7 nitrogen and oxygen atoms in total. The second-order valence-corrected chi connectivity index (χ2v) is 8.63. The minimum atomic E-state index is -3.91. The predicted molar refractivity (Wildman–Crippen MR) is 112 cm³/mol. The summed E-state index contributed by atoms with van der Waals surface area (Å²) >= 11 is 6.19. The fourth-order valence-electron chi connectivity index (χ4n) is 3.14. The van der Waals surface area contributed by atoms with E-state index in [-0.39, 0.29) is 10.8 Å². The zero-order chi connectivity index (χ0) is 21.3. The van der Waals surface area contributed by atoms with Crippen LogP contribution < -0.4 is 4.72 Å². The SMILES string of the molecule is CCN1Cc2c(NS(=O)(=O)c3cccc(C#Cc4ccon4)c3)ccc(Cl)c2C1=O. The van der Waals surface area contributed by atoms with Gasteiger partial charge in [-0.3, -0.25) is 9.52 Å². The lowest BCUT2D eigenvalue weighted by Crippen LogP contribution is -2.23. The molecule has 0 bridgehead atoms. The van der Waals surface area contributed by atoms with E-state index < -0.39 is 10.0 Å². The van der Waals surface area contributed by atoms with Gasteiger partial charge in [-0.25, -0.2) is 8.42 Å². The van der Waals surface area contributed by atoms with Crippen molar-refractivity contribution < 1.29 is 17.7 Å². The highest BCUT2D eigenvalue weighted by molar-refractivity contribution is 7.92. The number of hydrogen-bond acceptors (Lipinski definition) is 5. The Hall–Kier alpha value is -3.28. The largest absolute Gasteiger partial charge is 0.363 e. The third-order valence-corrected chi connectivity index (χ3v) is 6.33. The number of amides is 1. The molecule has 2 heterocycles. The maximum Gasteiger partial charge on any atom is 0.261 e. The average Bonchev–Trinajstić information content (AvgIpc) is 3.37. The summed E-state index contributed by atoms with van der Waals surface area (Å²) < 4.78 is 33.3. The second kappa shape index (κ2) is 7.86. The van der Waals surface area contributed by atoms with Gasteiger partial charge in [0.05, 0.1) is 21.2 Å². The molecule has 1 N–H and O–H groups in total. The third-order valence-electron chi connectivity index (χ3n) is 4.66. The van der Waals surface area contributed by atoms with Crippen LogP contribution in [0, 0.1) is 11.8 Å². The second-order valence-electron chi connectivity index (χ2n) is 6.54. The van der Waals surface area contributed by atoms with Crippen molar-refractivity contribution in [2.75, 3.05) is 11.3 Å². The summed E-state index contributed by atoms with van der Waals surface area (Å²) in [5.74, 6) is 5.45. The predicted octanol–water partition coefficient (Wildman–Crippen LogP) is 3.50. The average molecular weight is 442 g/mol. The van der Waals surface area contributed by atoms with Gasteiger partial charge in [0.1, 0.15) is 6.26 Å². The molecule has 0 saturated heterocycles. The van der Waals surface area contributed by atoms with Crippen LogP contribution in [-0.2, 0) is 16.6 Å². The zero-order valence-electron chi connectivity index (χ0n) is 15.8. The van der Waals surface area contributed by atoms with Crippen LogP contribution in [-0.4, -0.2) is 30.9 Å². The Kier molecular flexibility index (Phi) is 5.24. The molecule has 1 aliphatic rings. The smallest absolute Gasteiger partial charge is 0.261 e. The number of fused-ring (bicyclic) bond motifs is 1. The minimum Gasteiger partial charge on any atom is -0.363 e. The van der Waals surface area contributed by atoms with E-state index in [1.165, 1.54) is 24.5 Å². The van der Waals surface area contributed by atoms with Crippen LogP contribution in [0.1, 0.15) is 34.1 Å². The molecule has 0 aliphatic carbocycles. The van der Waals surface area contributed by atoms with Crippen molar-refractivity contribution in [3.8, 4) is 11.8 Å². The first-order valence-corrected chi connectivity index (χ1v) is 10.9. The van der Waals surface area contributed by atoms with Crippen molar-refractivity contribution in [1.29, 1.82) is 0 Å². The molecule has 30 heavy (non-hydrogen) atoms. The summed E-state index contributed by atoms with van der Waals surface area (Å²) in [5, 5.41) is 4.00. The number of benzene rings is 2. The highest BCUT2D eigenvalue weighted by atomic mass is 35.5. The lowest BCUT2D eigenvalue weighted by atomic mass is 10.1. The van der Waals surface area contributed by atoms with Crippen LogP contribution in [0.5, 0.6) is 0 Å². The highest BCUT2D eigenvalue weighted by Crippen LogP contribution is 2.35. The lowest BCUT2D eigenvalue weighted by Gasteiger charge is -2.13. The van der Waals surface area contributed by atoms with Crippen molar-refractivity contribution in [3.05, 3.63) is 76.1 Å². The van der Waals surface area contributed by atoms with E-state index in [0.717, 1.165) is 0 Å². The summed E-state index contributed by atoms with van der Waals surface area (Å²) in [6.45, 7) is 2.65. The van der Waals surface area contributed by atoms with Gasteiger partial charge >= 0.3 is 0 Å². The van der Waals surface area contributed by atoms with Gasteiger partial charge in [-0.1, -0.05) is 28.7 Å². The van der Waals surface area contributed by atoms with E-state index in [1.807, 2.05) is 6.92 Å². The van der Waals surface area contributed by atoms with Crippen LogP contribution in [0.2, 0.25) is 5.02 Å². The molecular weight excluding hydrogens is 426 g/mol. The number of sulfonamides is 1. The van der Waals surface area contributed by atoms with E-state index in [1.54, 1.807) is 29.2 Å². The molecule has 0 fully saturated rings. The molecule has 152 valence electrons. The number of hydrogen-bond donors (Lipinski definition) is 1. The summed E-state index contributed by atoms with van der Waals surface area (Å²) in [6, 6.07) is 10.9. The molecular formula is C21H16ClN3O4S. The van der Waals surface area contributed by atoms with Gasteiger partial charge < -0.3 is 9.42 Å². The number of anilines is 1. The van der Waals surface area contributed by atoms with E-state index in [4.69, 9.17) is 16.1 Å². The van der Waals surface area contributed by atoms with Crippen LogP contribution in [0.15, 0.2) is 58.1 Å². The van der Waals surface area contributed by atoms with Crippen molar-refractivity contribution >= 4 is 33.2 Å². The Morgan fingerprint density at radius 3 is 2.80 bits per heavy atom. The summed E-state index contributed by atoms with van der Waals surface area (Å²) in [4.78, 5) is 14.1. The minimum absolute atomic E-state index is 0.0508. The molecule has 2 aromatic carbocycles. The van der Waals surface area contributed by atoms with Gasteiger partial charge in [-0.05, 0) is 43.2 Å². The quantitative estimate of drug-likeness (QED) is 0.625. The van der Waals surface area contributed by atoms with E-state index in [0.29, 0.717) is 46.2 Å². The highest BCUT2D eigenvalue weighted by Gasteiger charge is 2.32. The molecule has 1 aromatic heterocycles. The van der Waals surface area contributed by atoms with Crippen LogP contribution in [0.4, 0.5) is 5.69 Å². The van der Waals surface area contributed by atoms with Crippen LogP contribution in [0.25, 0.3) is 0 Å². The van der Waals surface area contributed by atoms with Gasteiger partial charge in [-0.15, -0.1) is 0 Å². The topological polar surface area (TPSA) is 92.5 Å². The number of aromatic nitrogens is 1. The van der Waals surface area contributed by atoms with Crippen LogP contribution in [0.3, 0.4) is 0 Å². The van der Waals surface area contributed by atoms with E-state index in [9.17, 15) is 13.2 Å². The Labute approximate surface area is 178 Å². The molecule has 1 amide bonds. The van der Waals surface area contributed by atoms with Crippen molar-refractivity contribution in [1.82, 2.24) is 10.1 Å². The van der Waals surface area contributed by atoms with Gasteiger partial charge in [0.15, 0.2) is 5.69 Å². The van der Waals surface area contributed by atoms with E-state index in [2.05, 4.69) is 21.7 Å². The standard InChI is InChI=1S/C21H16ClN3O4S/c1-2-25-13-17-19(9-8-18(22)20(17)21(25)26)24-30(27,28)16-5-3-4-14(12-16)6-7-15-10-11-29-23-15/h3-5,8-12,24H,2,13H2,1H3. The Balaban J connectivity index is 1.65. The number of rotatable bonds is 4. The van der Waals surface area contributed by atoms with Gasteiger partial charge in [-0.2, -0.15) is 0 Å². The normalized spacial score (nSPS) is 13.0. The maximum absolute atomic E-state index is 13.0. The fourth-order valence-corrected chi connectivity index (χ4v) is 4.54. The van der Waals surface area contributed by atoms with Crippen molar-refractivity contribution in [2.45, 2.75) is 18.4 Å². The Bertz CT molecular complexity index is 1290. The number of carbonyl (C=O) groups excluding carboxylic acids is 1. The Morgan fingerprint density at radius 2 is 2.07 bits per heavy atom. The fraction of sp³-hybridized carbons (Fsp3) is 0.143. The monoisotopic (exact) mass is 441 g/mol. The van der Waals surface area contributed by atoms with Crippen molar-refractivity contribution in [3.63, 3.8) is 0 Å². The molecule has 0 saturated carbocycles.